The Balaban J connectivity index is 0.000000124. The molecular formula is C75H82N9O12W-. The predicted molar refractivity (Wildman–Crippen MR) is 368 cm³/mol. The van der Waals surface area contributed by atoms with Gasteiger partial charge in [0.1, 0.15) is 22.3 Å². The summed E-state index contributed by atoms with van der Waals surface area (Å²) in [7, 11) is 2.80. The maximum atomic E-state index is 12.4. The number of furan rings is 4. The fourth-order valence-electron chi connectivity index (χ4n) is 14.8. The zero-order chi connectivity index (χ0) is 65.1. The summed E-state index contributed by atoms with van der Waals surface area (Å²) < 4.78 is 38.9. The molecule has 0 aliphatic carbocycles. The monoisotopic (exact) mass is 1480 g/mol. The number of fused-ring (bicyclic) bond motifs is 12. The maximum absolute atomic E-state index is 12.4. The minimum atomic E-state index is -0.331. The van der Waals surface area contributed by atoms with Gasteiger partial charge in [-0.2, -0.15) is 0 Å². The van der Waals surface area contributed by atoms with Crippen molar-refractivity contribution < 1.29 is 77.0 Å². The number of H-pyrrole nitrogens is 1. The molecule has 2 unspecified atom stereocenters. The Morgan fingerprint density at radius 2 is 0.814 bits per heavy atom. The van der Waals surface area contributed by atoms with Crippen molar-refractivity contribution in [2.24, 2.45) is 0 Å². The summed E-state index contributed by atoms with van der Waals surface area (Å²) in [6, 6.07) is 24.5. The first-order chi connectivity index (χ1) is 46.5. The Morgan fingerprint density at radius 3 is 1.21 bits per heavy atom. The van der Waals surface area contributed by atoms with E-state index in [1.807, 2.05) is 42.6 Å². The van der Waals surface area contributed by atoms with Crippen molar-refractivity contribution >= 4 is 123 Å². The summed E-state index contributed by atoms with van der Waals surface area (Å²) in [6.45, 7) is 13.3. The molecule has 0 bridgehead atoms. The SMILES string of the molecule is COC(=O)Cc1coc2ccc3[nH]ccc3c12.COC(=O)Cc1coc2ccc3c(ccn3CCN3CCCC3)c12.O=C1CCC(c2coc3ccc4c(ccn4CCN4CCCC4)c23)C(=O)N1.O=C1CCC(c2coc3ccc4c(ccn4CCN4CCCC4)c23)C(=O)N1.[CH3-].[W]. The van der Waals surface area contributed by atoms with Gasteiger partial charge in [-0.15, -0.1) is 0 Å². The molecule has 5 aliphatic heterocycles. The van der Waals surface area contributed by atoms with Crippen LogP contribution in [0.1, 0.15) is 98.3 Å². The fourth-order valence-corrected chi connectivity index (χ4v) is 14.8. The first-order valence-corrected chi connectivity index (χ1v) is 33.4. The number of esters is 2. The molecular weight excluding hydrogens is 1400 g/mol. The summed E-state index contributed by atoms with van der Waals surface area (Å²) >= 11 is 0. The van der Waals surface area contributed by atoms with Crippen LogP contribution < -0.4 is 10.6 Å². The van der Waals surface area contributed by atoms with Crippen LogP contribution in [-0.4, -0.2) is 142 Å². The van der Waals surface area contributed by atoms with Gasteiger partial charge in [0.05, 0.1) is 63.9 Å². The van der Waals surface area contributed by atoms with Crippen LogP contribution in [0.3, 0.4) is 0 Å². The zero-order valence-corrected chi connectivity index (χ0v) is 58.1. The van der Waals surface area contributed by atoms with Gasteiger partial charge < -0.3 is 68.0 Å². The number of aromatic nitrogens is 4. The van der Waals surface area contributed by atoms with Crippen molar-refractivity contribution in [3.05, 3.63) is 152 Å². The zero-order valence-electron chi connectivity index (χ0n) is 55.2. The first kappa shape index (κ1) is 67.9. The van der Waals surface area contributed by atoms with Gasteiger partial charge in [0.25, 0.3) is 0 Å². The van der Waals surface area contributed by atoms with E-state index >= 15 is 0 Å². The van der Waals surface area contributed by atoms with Gasteiger partial charge in [0.2, 0.25) is 23.6 Å². The number of hydrogen-bond donors (Lipinski definition) is 3. The fraction of sp³-hybridized carbons (Fsp3) is 0.373. The molecule has 22 heteroatoms. The second-order valence-electron chi connectivity index (χ2n) is 25.6. The van der Waals surface area contributed by atoms with Crippen molar-refractivity contribution in [1.29, 1.82) is 0 Å². The molecule has 5 fully saturated rings. The topological polar surface area (TPSA) is 238 Å². The van der Waals surface area contributed by atoms with Crippen LogP contribution in [0.2, 0.25) is 0 Å². The van der Waals surface area contributed by atoms with Gasteiger partial charge in [0, 0.05) is 185 Å². The number of methoxy groups -OCH3 is 2. The van der Waals surface area contributed by atoms with Crippen LogP contribution in [0, 0.1) is 7.43 Å². The van der Waals surface area contributed by atoms with E-state index in [-0.39, 0.29) is 88.7 Å². The van der Waals surface area contributed by atoms with Gasteiger partial charge in [-0.05, 0) is 163 Å². The molecule has 5 saturated heterocycles. The number of ether oxygens (including phenoxy) is 2. The molecule has 17 rings (SSSR count). The van der Waals surface area contributed by atoms with E-state index in [0.29, 0.717) is 25.7 Å². The molecule has 0 saturated carbocycles. The number of likely N-dealkylation sites (tertiary alicyclic amines) is 3. The number of nitrogens with one attached hydrogen (secondary N) is 3. The molecule has 5 aliphatic rings. The molecule has 21 nitrogen and oxygen atoms in total. The minimum absolute atomic E-state index is 0. The number of rotatable bonds is 15. The van der Waals surface area contributed by atoms with Gasteiger partial charge in [-0.3, -0.25) is 39.4 Å². The maximum Gasteiger partial charge on any atom is 0.310 e. The largest absolute Gasteiger partial charge is 0.469 e. The van der Waals surface area contributed by atoms with E-state index in [1.54, 1.807) is 25.1 Å². The minimum Gasteiger partial charge on any atom is -0.469 e. The average Bonchev–Trinajstić information content (AvgIpc) is 1.63. The van der Waals surface area contributed by atoms with Crippen LogP contribution in [0.25, 0.3) is 87.5 Å². The standard InChI is InChI=1S/2C21H23N3O3.C19H22N2O3.C13H11NO3.CH3.W/c2*25-19-6-3-14(21(26)22-19)16-13-27-18-5-4-17-15(20(16)18)7-10-24(17)12-11-23-8-1-2-9-23;1-23-18(22)12-14-13-24-17-5-4-16-15(19(14)17)6-9-21(16)11-10-20-7-2-3-8-20;1-16-12(15)6-8-7-17-11-3-2-10-9(13(8)11)4-5-14-10;;/h2*4-5,7,10,13-14H,1-3,6,8-9,11-12H2,(H,22,25,26);4-6,9,13H,2-3,7-8,10-12H2,1H3;2-5,7,14H,6H2,1H3;1H3;/q;;;;-1;. The van der Waals surface area contributed by atoms with E-state index in [0.717, 1.165) is 143 Å². The molecule has 2 atom stereocenters. The van der Waals surface area contributed by atoms with Crippen LogP contribution in [0.4, 0.5) is 0 Å². The van der Waals surface area contributed by atoms with E-state index in [2.05, 4.69) is 104 Å². The quantitative estimate of drug-likeness (QED) is 0.0491. The molecule has 13 heterocycles. The molecule has 0 spiro atoms. The van der Waals surface area contributed by atoms with Crippen molar-refractivity contribution in [3.63, 3.8) is 0 Å². The third kappa shape index (κ3) is 14.2. The molecule has 97 heavy (non-hydrogen) atoms. The van der Waals surface area contributed by atoms with Crippen LogP contribution in [0.5, 0.6) is 0 Å². The third-order valence-corrected chi connectivity index (χ3v) is 19.9. The Bertz CT molecular complexity index is 4660. The van der Waals surface area contributed by atoms with Crippen molar-refractivity contribution in [3.8, 4) is 0 Å². The molecule has 506 valence electrons. The van der Waals surface area contributed by atoms with Crippen molar-refractivity contribution in [1.82, 2.24) is 44.0 Å². The molecule has 12 aromatic rings. The van der Waals surface area contributed by atoms with Crippen LogP contribution in [-0.2, 0) is 91.8 Å². The number of nitrogens with zero attached hydrogens (tertiary/aromatic N) is 6. The second-order valence-corrected chi connectivity index (χ2v) is 25.6. The number of piperidine rings is 2. The number of aromatic amines is 1. The van der Waals surface area contributed by atoms with Crippen LogP contribution >= 0.6 is 0 Å². The van der Waals surface area contributed by atoms with Crippen LogP contribution in [0.15, 0.2) is 140 Å². The van der Waals surface area contributed by atoms with E-state index in [9.17, 15) is 28.8 Å². The molecule has 4 amide bonds. The van der Waals surface area contributed by atoms with E-state index in [1.165, 1.54) is 97.5 Å². The Morgan fingerprint density at radius 1 is 0.454 bits per heavy atom. The van der Waals surface area contributed by atoms with Crippen molar-refractivity contribution in [2.45, 2.75) is 109 Å². The normalized spacial score (nSPS) is 17.7. The number of amides is 4. The summed E-state index contributed by atoms with van der Waals surface area (Å²) in [4.78, 5) is 81.3. The number of imide groups is 2. The Hall–Kier alpha value is -9.01. The molecule has 8 aromatic heterocycles. The smallest absolute Gasteiger partial charge is 0.310 e. The number of carbonyl (C=O) groups is 6. The van der Waals surface area contributed by atoms with E-state index in [4.69, 9.17) is 22.4 Å². The summed E-state index contributed by atoms with van der Waals surface area (Å²) in [6.07, 6.45) is 25.0. The third-order valence-electron chi connectivity index (χ3n) is 19.9. The molecule has 3 N–H and O–H groups in total. The second kappa shape index (κ2) is 30.2. The Labute approximate surface area is 574 Å². The van der Waals surface area contributed by atoms with Gasteiger partial charge in [-0.1, -0.05) is 0 Å². The summed E-state index contributed by atoms with van der Waals surface area (Å²) in [5.41, 5.74) is 11.3. The average molecular weight is 1490 g/mol. The summed E-state index contributed by atoms with van der Waals surface area (Å²) in [5.74, 6) is -2.00. The number of hydrogen-bond acceptors (Lipinski definition) is 15. The predicted octanol–water partition coefficient (Wildman–Crippen LogP) is 12.3. The number of carbonyl (C=O) groups excluding carboxylic acids is 6. The number of benzene rings is 4. The first-order valence-electron chi connectivity index (χ1n) is 33.4. The van der Waals surface area contributed by atoms with Crippen molar-refractivity contribution in [2.75, 3.05) is 73.1 Å². The van der Waals surface area contributed by atoms with Gasteiger partial charge >= 0.3 is 11.9 Å². The van der Waals surface area contributed by atoms with Gasteiger partial charge in [-0.25, -0.2) is 0 Å². The summed E-state index contributed by atoms with van der Waals surface area (Å²) in [5, 5.41) is 13.4. The van der Waals surface area contributed by atoms with E-state index < -0.39 is 0 Å². The molecule has 4 aromatic carbocycles. The van der Waals surface area contributed by atoms with Gasteiger partial charge in [0.15, 0.2) is 0 Å². The Kier molecular flexibility index (Phi) is 21.1. The molecule has 0 radical (unpaired) electrons.